The van der Waals surface area contributed by atoms with E-state index < -0.39 is 0 Å². The zero-order valence-corrected chi connectivity index (χ0v) is 12.2. The smallest absolute Gasteiger partial charge is 0.00813 e. The summed E-state index contributed by atoms with van der Waals surface area (Å²) in [4.78, 5) is 0. The van der Waals surface area contributed by atoms with E-state index in [0.717, 1.165) is 18.0 Å². The van der Waals surface area contributed by atoms with Crippen LogP contribution in [0, 0.1) is 6.92 Å². The first-order valence-corrected chi connectivity index (χ1v) is 8.14. The van der Waals surface area contributed by atoms with Gasteiger partial charge >= 0.3 is 0 Å². The molecule has 1 nitrogen and oxygen atoms in total. The molecular formula is C18H27N. The van der Waals surface area contributed by atoms with Crippen LogP contribution < -0.4 is 5.32 Å². The molecular weight excluding hydrogens is 230 g/mol. The van der Waals surface area contributed by atoms with Gasteiger partial charge in [0.25, 0.3) is 0 Å². The van der Waals surface area contributed by atoms with Crippen LogP contribution >= 0.6 is 0 Å². The van der Waals surface area contributed by atoms with Crippen LogP contribution in [0.25, 0.3) is 0 Å². The van der Waals surface area contributed by atoms with E-state index in [1.54, 1.807) is 5.56 Å². The molecule has 0 heterocycles. The number of hydrogen-bond acceptors (Lipinski definition) is 1. The van der Waals surface area contributed by atoms with Gasteiger partial charge in [-0.1, -0.05) is 55.5 Å². The van der Waals surface area contributed by atoms with Gasteiger partial charge < -0.3 is 5.32 Å². The Bertz CT molecular complexity index is 398. The minimum atomic E-state index is 0.786. The van der Waals surface area contributed by atoms with Crippen molar-refractivity contribution in [3.63, 3.8) is 0 Å². The highest BCUT2D eigenvalue weighted by molar-refractivity contribution is 5.27. The largest absolute Gasteiger partial charge is 0.311 e. The molecule has 1 aromatic rings. The molecule has 2 fully saturated rings. The summed E-state index contributed by atoms with van der Waals surface area (Å²) in [5.41, 5.74) is 2.96. The molecule has 0 bridgehead atoms. The van der Waals surface area contributed by atoms with Crippen molar-refractivity contribution in [3.05, 3.63) is 35.4 Å². The van der Waals surface area contributed by atoms with E-state index in [1.165, 1.54) is 56.9 Å². The highest BCUT2D eigenvalue weighted by Crippen LogP contribution is 2.37. The molecule has 0 radical (unpaired) electrons. The van der Waals surface area contributed by atoms with Crippen LogP contribution in [0.2, 0.25) is 0 Å². The minimum Gasteiger partial charge on any atom is -0.311 e. The number of rotatable bonds is 3. The van der Waals surface area contributed by atoms with Crippen LogP contribution in [0.4, 0.5) is 0 Å². The van der Waals surface area contributed by atoms with Crippen molar-refractivity contribution >= 4 is 0 Å². The second-order valence-electron chi connectivity index (χ2n) is 6.63. The predicted molar refractivity (Wildman–Crippen MR) is 81.6 cm³/mol. The molecule has 1 heteroatoms. The molecule has 1 aromatic carbocycles. The fourth-order valence-corrected chi connectivity index (χ4v) is 3.73. The Balaban J connectivity index is 1.47. The normalized spacial score (nSPS) is 28.7. The third-order valence-corrected chi connectivity index (χ3v) is 4.98. The first-order valence-electron chi connectivity index (χ1n) is 8.14. The van der Waals surface area contributed by atoms with Gasteiger partial charge in [0.05, 0.1) is 0 Å². The van der Waals surface area contributed by atoms with Gasteiger partial charge in [-0.15, -0.1) is 0 Å². The molecule has 0 amide bonds. The van der Waals surface area contributed by atoms with E-state index in [2.05, 4.69) is 36.5 Å². The van der Waals surface area contributed by atoms with Crippen LogP contribution in [0.15, 0.2) is 24.3 Å². The molecule has 2 aliphatic carbocycles. The van der Waals surface area contributed by atoms with Gasteiger partial charge in [-0.25, -0.2) is 0 Å². The van der Waals surface area contributed by atoms with Gasteiger partial charge in [-0.05, 0) is 44.1 Å². The Hall–Kier alpha value is -0.820. The molecule has 104 valence electrons. The molecule has 0 saturated heterocycles. The molecule has 0 atom stereocenters. The molecule has 0 aliphatic heterocycles. The molecule has 2 saturated carbocycles. The fraction of sp³-hybridized carbons (Fsp3) is 0.667. The summed E-state index contributed by atoms with van der Waals surface area (Å²) in [6.07, 6.45) is 11.3. The van der Waals surface area contributed by atoms with E-state index in [4.69, 9.17) is 0 Å². The lowest BCUT2D eigenvalue weighted by atomic mass is 9.75. The number of nitrogens with one attached hydrogen (secondary N) is 1. The Labute approximate surface area is 117 Å². The van der Waals surface area contributed by atoms with Crippen LogP contribution in [-0.4, -0.2) is 12.1 Å². The van der Waals surface area contributed by atoms with Gasteiger partial charge in [0.2, 0.25) is 0 Å². The maximum Gasteiger partial charge on any atom is 0.00813 e. The Morgan fingerprint density at radius 2 is 1.68 bits per heavy atom. The second kappa shape index (κ2) is 6.09. The van der Waals surface area contributed by atoms with Crippen LogP contribution in [-0.2, 0) is 0 Å². The molecule has 0 spiro atoms. The average Bonchev–Trinajstić information content (AvgIpc) is 2.61. The molecule has 0 aromatic heterocycles. The van der Waals surface area contributed by atoms with Gasteiger partial charge in [-0.3, -0.25) is 0 Å². The van der Waals surface area contributed by atoms with Gasteiger partial charge in [0.1, 0.15) is 0 Å². The number of benzene rings is 1. The van der Waals surface area contributed by atoms with Gasteiger partial charge in [0, 0.05) is 12.1 Å². The number of hydrogen-bond donors (Lipinski definition) is 1. The fourth-order valence-electron chi connectivity index (χ4n) is 3.73. The first kappa shape index (κ1) is 13.2. The first-order chi connectivity index (χ1) is 9.31. The van der Waals surface area contributed by atoms with Crippen molar-refractivity contribution in [2.75, 3.05) is 0 Å². The summed E-state index contributed by atoms with van der Waals surface area (Å²) in [7, 11) is 0. The van der Waals surface area contributed by atoms with E-state index >= 15 is 0 Å². The summed E-state index contributed by atoms with van der Waals surface area (Å²) in [6, 6.07) is 10.7. The lowest BCUT2D eigenvalue weighted by molar-refractivity contribution is 0.254. The third kappa shape index (κ3) is 3.39. The van der Waals surface area contributed by atoms with Crippen LogP contribution in [0.1, 0.15) is 68.4 Å². The van der Waals surface area contributed by atoms with Crippen molar-refractivity contribution < 1.29 is 0 Å². The highest BCUT2D eigenvalue weighted by Gasteiger charge is 2.31. The third-order valence-electron chi connectivity index (χ3n) is 4.98. The zero-order valence-electron chi connectivity index (χ0n) is 12.2. The zero-order chi connectivity index (χ0) is 13.1. The summed E-state index contributed by atoms with van der Waals surface area (Å²) >= 11 is 0. The maximum atomic E-state index is 3.91. The van der Waals surface area contributed by atoms with E-state index in [0.29, 0.717) is 0 Å². The van der Waals surface area contributed by atoms with E-state index in [-0.39, 0.29) is 0 Å². The molecule has 0 unspecified atom stereocenters. The van der Waals surface area contributed by atoms with Crippen molar-refractivity contribution in [2.45, 2.75) is 76.3 Å². The SMILES string of the molecule is Cc1cccc(C2CC(NC3CCCCCC3)C2)c1. The van der Waals surface area contributed by atoms with E-state index in [1.807, 2.05) is 0 Å². The Morgan fingerprint density at radius 1 is 0.947 bits per heavy atom. The van der Waals surface area contributed by atoms with Crippen molar-refractivity contribution in [1.29, 1.82) is 0 Å². The highest BCUT2D eigenvalue weighted by atomic mass is 15.0. The molecule has 3 rings (SSSR count). The standard InChI is InChI=1S/C18H27N/c1-14-7-6-8-15(11-14)16-12-18(13-16)19-17-9-4-2-3-5-10-17/h6-8,11,16-19H,2-5,9-10,12-13H2,1H3. The minimum absolute atomic E-state index is 0.786. The summed E-state index contributed by atoms with van der Waals surface area (Å²) in [5.74, 6) is 0.808. The number of aryl methyl sites for hydroxylation is 1. The summed E-state index contributed by atoms with van der Waals surface area (Å²) < 4.78 is 0. The Kier molecular flexibility index (Phi) is 4.22. The van der Waals surface area contributed by atoms with Crippen LogP contribution in [0.3, 0.4) is 0 Å². The van der Waals surface area contributed by atoms with Gasteiger partial charge in [0.15, 0.2) is 0 Å². The van der Waals surface area contributed by atoms with Crippen molar-refractivity contribution in [2.24, 2.45) is 0 Å². The van der Waals surface area contributed by atoms with Crippen molar-refractivity contribution in [1.82, 2.24) is 5.32 Å². The molecule has 2 aliphatic rings. The summed E-state index contributed by atoms with van der Waals surface area (Å²) in [5, 5.41) is 3.91. The lowest BCUT2D eigenvalue weighted by Crippen LogP contribution is -2.45. The monoisotopic (exact) mass is 257 g/mol. The molecule has 19 heavy (non-hydrogen) atoms. The molecule has 1 N–H and O–H groups in total. The van der Waals surface area contributed by atoms with Crippen LogP contribution in [0.5, 0.6) is 0 Å². The summed E-state index contributed by atoms with van der Waals surface area (Å²) in [6.45, 7) is 2.20. The topological polar surface area (TPSA) is 12.0 Å². The van der Waals surface area contributed by atoms with E-state index in [9.17, 15) is 0 Å². The quantitative estimate of drug-likeness (QED) is 0.783. The van der Waals surface area contributed by atoms with Crippen molar-refractivity contribution in [3.8, 4) is 0 Å². The lowest BCUT2D eigenvalue weighted by Gasteiger charge is -2.39. The average molecular weight is 257 g/mol. The predicted octanol–water partition coefficient (Wildman–Crippen LogP) is 4.55. The maximum absolute atomic E-state index is 3.91. The van der Waals surface area contributed by atoms with Gasteiger partial charge in [-0.2, -0.15) is 0 Å². The Morgan fingerprint density at radius 3 is 2.37 bits per heavy atom. The second-order valence-corrected chi connectivity index (χ2v) is 6.63.